The molecule has 6 heteroatoms. The first-order valence-corrected chi connectivity index (χ1v) is 2.60. The Hall–Kier alpha value is 0.300. The molecule has 0 aromatic heterocycles. The van der Waals surface area contributed by atoms with Crippen LogP contribution in [0.25, 0.3) is 0 Å². The van der Waals surface area contributed by atoms with E-state index in [2.05, 4.69) is 23.2 Å². The van der Waals surface area contributed by atoms with Crippen LogP contribution in [0.15, 0.2) is 0 Å². The highest BCUT2D eigenvalue weighted by Crippen LogP contribution is 2.32. The average molecular weight is 185 g/mol. The predicted octanol–water partition coefficient (Wildman–Crippen LogP) is 2.69. The van der Waals surface area contributed by atoms with Gasteiger partial charge in [-0.15, -0.1) is 0 Å². The van der Waals surface area contributed by atoms with E-state index < -0.39 is 17.2 Å². The number of hydrogen-bond donors (Lipinski definition) is 0. The van der Waals surface area contributed by atoms with Crippen LogP contribution < -0.4 is 0 Å². The highest BCUT2D eigenvalue weighted by Gasteiger charge is 2.41. The van der Waals surface area contributed by atoms with Crippen LogP contribution in [0.2, 0.25) is 0 Å². The van der Waals surface area contributed by atoms with Crippen molar-refractivity contribution in [2.75, 3.05) is 0 Å². The molecule has 0 rings (SSSR count). The summed E-state index contributed by atoms with van der Waals surface area (Å²) < 4.78 is 42.1. The Morgan fingerprint density at radius 1 is 1.11 bits per heavy atom. The van der Waals surface area contributed by atoms with Gasteiger partial charge in [-0.05, 0) is 0 Å². The van der Waals surface area contributed by atoms with E-state index in [0.29, 0.717) is 0 Å². The molecule has 1 unspecified atom stereocenters. The van der Waals surface area contributed by atoms with Gasteiger partial charge in [0.25, 0.3) is 11.0 Å². The Balaban J connectivity index is 3.88. The highest BCUT2D eigenvalue weighted by atomic mass is 35.5. The maximum Gasteiger partial charge on any atom is 0.294 e. The monoisotopic (exact) mass is 184 g/mol. The molecule has 0 aromatic rings. The second-order valence-electron chi connectivity index (χ2n) is 1.28. The highest BCUT2D eigenvalue weighted by molar-refractivity contribution is 6.47. The molecule has 0 saturated heterocycles. The van der Waals surface area contributed by atoms with Gasteiger partial charge in [-0.25, -0.2) is 17.6 Å². The summed E-state index contributed by atoms with van der Waals surface area (Å²) in [6.07, 6.45) is -6.65. The minimum absolute atomic E-state index is 3.15. The van der Waals surface area contributed by atoms with Gasteiger partial charge in [0.1, 0.15) is 0 Å². The van der Waals surface area contributed by atoms with Gasteiger partial charge >= 0.3 is 0 Å². The molecule has 56 valence electrons. The quantitative estimate of drug-likeness (QED) is 0.458. The zero-order valence-corrected chi connectivity index (χ0v) is 5.43. The second kappa shape index (κ2) is 2.92. The average Bonchev–Trinajstić information content (AvgIpc) is 1.62. The molecule has 0 fully saturated rings. The number of hydrogen-bond acceptors (Lipinski definition) is 0. The van der Waals surface area contributed by atoms with Crippen LogP contribution in [0.3, 0.4) is 0 Å². The molecule has 0 nitrogen and oxygen atoms in total. The van der Waals surface area contributed by atoms with Crippen molar-refractivity contribution in [1.82, 2.24) is 0 Å². The van der Waals surface area contributed by atoms with Gasteiger partial charge in [-0.3, -0.25) is 0 Å². The van der Waals surface area contributed by atoms with Crippen LogP contribution in [0.1, 0.15) is 0 Å². The molecule has 0 radical (unpaired) electrons. The predicted molar refractivity (Wildman–Crippen MR) is 26.4 cm³/mol. The van der Waals surface area contributed by atoms with Crippen molar-refractivity contribution in [3.8, 4) is 0 Å². The molecule has 0 aromatic carbocycles. The van der Waals surface area contributed by atoms with Gasteiger partial charge in [0.2, 0.25) is 6.17 Å². The van der Waals surface area contributed by atoms with Gasteiger partial charge in [-0.1, -0.05) is 23.2 Å². The molecule has 9 heavy (non-hydrogen) atoms. The van der Waals surface area contributed by atoms with Crippen molar-refractivity contribution >= 4 is 23.2 Å². The Morgan fingerprint density at radius 2 is 1.44 bits per heavy atom. The van der Waals surface area contributed by atoms with E-state index in [1.807, 2.05) is 0 Å². The fourth-order valence-corrected chi connectivity index (χ4v) is 0.333. The van der Waals surface area contributed by atoms with E-state index in [4.69, 9.17) is 0 Å². The molecular weight excluding hydrogens is 183 g/mol. The van der Waals surface area contributed by atoms with E-state index in [1.165, 1.54) is 0 Å². The summed E-state index contributed by atoms with van der Waals surface area (Å²) in [4.78, 5) is 0. The lowest BCUT2D eigenvalue weighted by molar-refractivity contribution is 0.0139. The van der Waals surface area contributed by atoms with E-state index >= 15 is 0 Å². The van der Waals surface area contributed by atoms with E-state index in [1.54, 1.807) is 0 Å². The van der Waals surface area contributed by atoms with E-state index in [9.17, 15) is 17.6 Å². The Morgan fingerprint density at radius 3 is 1.44 bits per heavy atom. The Bertz CT molecular complexity index is 88.3. The maximum absolute atomic E-state index is 11.7. The normalized spacial score (nSPS) is 16.3. The maximum atomic E-state index is 11.7. The lowest BCUT2D eigenvalue weighted by Gasteiger charge is -2.12. The van der Waals surface area contributed by atoms with Crippen molar-refractivity contribution in [3.05, 3.63) is 0 Å². The fourth-order valence-electron chi connectivity index (χ4n) is 0.143. The van der Waals surface area contributed by atoms with Crippen molar-refractivity contribution in [2.45, 2.75) is 17.2 Å². The summed E-state index contributed by atoms with van der Waals surface area (Å²) >= 11 is 8.64. The molecule has 0 N–H and O–H groups in total. The summed E-state index contributed by atoms with van der Waals surface area (Å²) in [6, 6.07) is 0. The molecule has 0 aliphatic rings. The molecule has 1 atom stereocenters. The fraction of sp³-hybridized carbons (Fsp3) is 1.00. The summed E-state index contributed by atoms with van der Waals surface area (Å²) in [6.45, 7) is 0. The Kier molecular flexibility index (Phi) is 3.02. The Labute approximate surface area is 58.7 Å². The van der Waals surface area contributed by atoms with Crippen LogP contribution in [0.4, 0.5) is 17.6 Å². The molecule has 0 saturated carbocycles. The summed E-state index contributed by atoms with van der Waals surface area (Å²) in [7, 11) is 0. The van der Waals surface area contributed by atoms with Crippen LogP contribution in [0.5, 0.6) is 0 Å². The molecule has 0 aliphatic heterocycles. The number of halogens is 6. The SMILES string of the molecule is FC(F)C(F)C(F)(Cl)Cl. The molecule has 0 bridgehead atoms. The third kappa shape index (κ3) is 3.11. The zero-order chi connectivity index (χ0) is 7.65. The molecule has 0 amide bonds. The lowest BCUT2D eigenvalue weighted by Crippen LogP contribution is -2.28. The molecular formula is C3H2Cl2F4. The van der Waals surface area contributed by atoms with Crippen molar-refractivity contribution in [3.63, 3.8) is 0 Å². The van der Waals surface area contributed by atoms with Gasteiger partial charge in [0, 0.05) is 0 Å². The largest absolute Gasteiger partial charge is 0.294 e. The minimum Gasteiger partial charge on any atom is -0.235 e. The summed E-state index contributed by atoms with van der Waals surface area (Å²) in [5.41, 5.74) is 0. The van der Waals surface area contributed by atoms with Crippen LogP contribution in [0, 0.1) is 0 Å². The zero-order valence-electron chi connectivity index (χ0n) is 3.92. The second-order valence-corrected chi connectivity index (χ2v) is 2.57. The third-order valence-electron chi connectivity index (χ3n) is 0.534. The smallest absolute Gasteiger partial charge is 0.235 e. The van der Waals surface area contributed by atoms with Crippen LogP contribution >= 0.6 is 23.2 Å². The first kappa shape index (κ1) is 9.30. The van der Waals surface area contributed by atoms with E-state index in [-0.39, 0.29) is 0 Å². The standard InChI is InChI=1S/C3H2Cl2F4/c4-3(5,9)1(6)2(7)8/h1-2H. The topological polar surface area (TPSA) is 0 Å². The number of alkyl halides is 6. The van der Waals surface area contributed by atoms with Gasteiger partial charge in [0.15, 0.2) is 0 Å². The van der Waals surface area contributed by atoms with Crippen molar-refractivity contribution in [1.29, 1.82) is 0 Å². The molecule has 0 heterocycles. The molecule has 0 spiro atoms. The minimum atomic E-state index is -3.50. The van der Waals surface area contributed by atoms with Crippen molar-refractivity contribution < 1.29 is 17.6 Å². The first-order chi connectivity index (χ1) is 3.85. The summed E-state index contributed by atoms with van der Waals surface area (Å²) in [5, 5.41) is 0. The first-order valence-electron chi connectivity index (χ1n) is 1.84. The van der Waals surface area contributed by atoms with Crippen molar-refractivity contribution in [2.24, 2.45) is 0 Å². The van der Waals surface area contributed by atoms with Gasteiger partial charge in [-0.2, -0.15) is 0 Å². The third-order valence-corrected chi connectivity index (χ3v) is 0.951. The van der Waals surface area contributed by atoms with E-state index in [0.717, 1.165) is 0 Å². The van der Waals surface area contributed by atoms with Crippen LogP contribution in [-0.4, -0.2) is 17.2 Å². The summed E-state index contributed by atoms with van der Waals surface area (Å²) in [5.74, 6) is 0. The lowest BCUT2D eigenvalue weighted by atomic mass is 10.4. The van der Waals surface area contributed by atoms with Crippen LogP contribution in [-0.2, 0) is 0 Å². The molecule has 0 aliphatic carbocycles. The van der Waals surface area contributed by atoms with Gasteiger partial charge < -0.3 is 0 Å². The number of rotatable bonds is 2. The van der Waals surface area contributed by atoms with Gasteiger partial charge in [0.05, 0.1) is 0 Å².